The molecule has 218 valence electrons. The van der Waals surface area contributed by atoms with Crippen molar-refractivity contribution in [1.29, 1.82) is 0 Å². The lowest BCUT2D eigenvalue weighted by Gasteiger charge is -2.18. The van der Waals surface area contributed by atoms with E-state index < -0.39 is 5.97 Å². The molecule has 1 N–H and O–H groups in total. The van der Waals surface area contributed by atoms with Gasteiger partial charge in [0.25, 0.3) is 0 Å². The number of carbonyl (C=O) groups excluding carboxylic acids is 2. The fourth-order valence-electron chi connectivity index (χ4n) is 5.46. The van der Waals surface area contributed by atoms with Gasteiger partial charge in [0.2, 0.25) is 5.91 Å². The van der Waals surface area contributed by atoms with Crippen molar-refractivity contribution >= 4 is 50.9 Å². The Morgan fingerprint density at radius 3 is 2.74 bits per heavy atom. The molecule has 0 spiro atoms. The van der Waals surface area contributed by atoms with Crippen LogP contribution in [0.2, 0.25) is 0 Å². The van der Waals surface area contributed by atoms with Gasteiger partial charge in [-0.15, -0.1) is 28.1 Å². The normalized spacial score (nSPS) is 14.3. The van der Waals surface area contributed by atoms with Crippen LogP contribution in [0.5, 0.6) is 0 Å². The van der Waals surface area contributed by atoms with E-state index in [1.54, 1.807) is 6.08 Å². The Labute approximate surface area is 258 Å². The molecule has 1 aliphatic carbocycles. The summed E-state index contributed by atoms with van der Waals surface area (Å²) in [5.41, 5.74) is 5.10. The van der Waals surface area contributed by atoms with Crippen LogP contribution < -0.4 is 5.32 Å². The topological polar surface area (TPSA) is 99.0 Å². The van der Waals surface area contributed by atoms with Crippen LogP contribution in [0.1, 0.15) is 34.1 Å². The molecule has 8 nitrogen and oxygen atoms in total. The number of allylic oxidation sites excluding steroid dienone is 1. The highest BCUT2D eigenvalue weighted by Gasteiger charge is 2.29. The summed E-state index contributed by atoms with van der Waals surface area (Å²) in [5.74, 6) is 0.678. The average Bonchev–Trinajstić information content (AvgIpc) is 3.59. The summed E-state index contributed by atoms with van der Waals surface area (Å²) < 4.78 is 7.03. The zero-order valence-electron chi connectivity index (χ0n) is 24.0. The summed E-state index contributed by atoms with van der Waals surface area (Å²) in [5, 5.41) is 14.1. The van der Waals surface area contributed by atoms with Crippen molar-refractivity contribution in [2.24, 2.45) is 5.92 Å². The molecule has 2 aromatic carbocycles. The van der Waals surface area contributed by atoms with Gasteiger partial charge in [-0.05, 0) is 42.9 Å². The number of thiophene rings is 1. The number of ether oxygens (including phenoxy) is 1. The first kappa shape index (κ1) is 28.8. The lowest BCUT2D eigenvalue weighted by molar-refractivity contribution is -0.113. The Morgan fingerprint density at radius 1 is 1.16 bits per heavy atom. The summed E-state index contributed by atoms with van der Waals surface area (Å²) in [4.78, 5) is 31.9. The van der Waals surface area contributed by atoms with E-state index >= 15 is 0 Å². The lowest BCUT2D eigenvalue weighted by Crippen LogP contribution is -2.17. The molecule has 0 bridgehead atoms. The Hall–Kier alpha value is -4.28. The van der Waals surface area contributed by atoms with Gasteiger partial charge < -0.3 is 10.1 Å². The molecule has 43 heavy (non-hydrogen) atoms. The molecule has 1 unspecified atom stereocenters. The number of para-hydroxylation sites is 1. The molecular weight excluding hydrogens is 579 g/mol. The molecule has 0 aliphatic heterocycles. The van der Waals surface area contributed by atoms with Gasteiger partial charge in [0, 0.05) is 27.9 Å². The monoisotopic (exact) mass is 609 g/mol. The van der Waals surface area contributed by atoms with Crippen molar-refractivity contribution in [2.45, 2.75) is 37.9 Å². The van der Waals surface area contributed by atoms with Gasteiger partial charge in [0.1, 0.15) is 5.00 Å². The smallest absolute Gasteiger partial charge is 0.341 e. The first-order valence-electron chi connectivity index (χ1n) is 14.1. The number of esters is 1. The minimum Gasteiger partial charge on any atom is -0.465 e. The molecule has 1 aliphatic rings. The third kappa shape index (κ3) is 5.85. The van der Waals surface area contributed by atoms with Crippen molar-refractivity contribution < 1.29 is 14.3 Å². The van der Waals surface area contributed by atoms with E-state index in [1.165, 1.54) is 30.2 Å². The van der Waals surface area contributed by atoms with E-state index in [0.29, 0.717) is 34.0 Å². The maximum Gasteiger partial charge on any atom is 0.341 e. The summed E-state index contributed by atoms with van der Waals surface area (Å²) in [6.45, 7) is 6.61. The zero-order valence-corrected chi connectivity index (χ0v) is 25.6. The predicted molar refractivity (Wildman–Crippen MR) is 173 cm³/mol. The fraction of sp³-hybridized carbons (Fsp3) is 0.242. The number of nitrogens with zero attached hydrogens (tertiary/aromatic N) is 4. The van der Waals surface area contributed by atoms with E-state index in [2.05, 4.69) is 29.0 Å². The standard InChI is InChI=1S/C33H31N5O3S2/c1-4-16-38-30(24-18-26(21-10-6-5-7-11-21)34-25-13-9-8-12-22(24)25)36-37-33(38)42-19-28(39)35-31-29(32(40)41-3)23-15-14-20(2)17-27(23)43-31/h4-13,18,20H,1,14-17,19H2,2-3H3,(H,35,39). The van der Waals surface area contributed by atoms with Crippen molar-refractivity contribution in [3.63, 3.8) is 0 Å². The molecule has 1 amide bonds. The van der Waals surface area contributed by atoms with Gasteiger partial charge in [-0.25, -0.2) is 9.78 Å². The average molecular weight is 610 g/mol. The fourth-order valence-corrected chi connectivity index (χ4v) is 7.62. The third-order valence-electron chi connectivity index (χ3n) is 7.54. The molecule has 1 atom stereocenters. The molecule has 0 fully saturated rings. The molecule has 5 aromatic rings. The van der Waals surface area contributed by atoms with Crippen molar-refractivity contribution in [3.8, 4) is 22.6 Å². The van der Waals surface area contributed by atoms with Gasteiger partial charge >= 0.3 is 5.97 Å². The highest BCUT2D eigenvalue weighted by Crippen LogP contribution is 2.40. The Kier molecular flexibility index (Phi) is 8.40. The van der Waals surface area contributed by atoms with Crippen LogP contribution in [0.25, 0.3) is 33.5 Å². The maximum atomic E-state index is 13.2. The van der Waals surface area contributed by atoms with Crippen LogP contribution in [0, 0.1) is 5.92 Å². The molecule has 3 aromatic heterocycles. The summed E-state index contributed by atoms with van der Waals surface area (Å²) >= 11 is 2.77. The van der Waals surface area contributed by atoms with Crippen LogP contribution in [-0.4, -0.2) is 44.5 Å². The molecule has 3 heterocycles. The van der Waals surface area contributed by atoms with Gasteiger partial charge in [0.15, 0.2) is 11.0 Å². The number of fused-ring (bicyclic) bond motifs is 2. The first-order valence-corrected chi connectivity index (χ1v) is 15.9. The summed E-state index contributed by atoms with van der Waals surface area (Å²) in [6, 6.07) is 20.0. The second-order valence-corrected chi connectivity index (χ2v) is 12.6. The number of hydrogen-bond donors (Lipinski definition) is 1. The number of pyridine rings is 1. The van der Waals surface area contributed by atoms with Gasteiger partial charge in [-0.3, -0.25) is 9.36 Å². The van der Waals surface area contributed by atoms with Crippen LogP contribution in [0.3, 0.4) is 0 Å². The number of anilines is 1. The van der Waals surface area contributed by atoms with E-state index in [-0.39, 0.29) is 11.7 Å². The second kappa shape index (κ2) is 12.5. The van der Waals surface area contributed by atoms with E-state index in [4.69, 9.17) is 9.72 Å². The molecule has 6 rings (SSSR count). The van der Waals surface area contributed by atoms with Crippen LogP contribution >= 0.6 is 23.1 Å². The summed E-state index contributed by atoms with van der Waals surface area (Å²) in [6.07, 6.45) is 4.51. The van der Waals surface area contributed by atoms with Crippen molar-refractivity contribution in [3.05, 3.63) is 89.3 Å². The number of carbonyl (C=O) groups is 2. The highest BCUT2D eigenvalue weighted by molar-refractivity contribution is 7.99. The second-order valence-electron chi connectivity index (χ2n) is 10.5. The van der Waals surface area contributed by atoms with E-state index in [1.807, 2.05) is 65.2 Å². The van der Waals surface area contributed by atoms with E-state index in [0.717, 1.165) is 57.4 Å². The number of methoxy groups -OCH3 is 1. The van der Waals surface area contributed by atoms with E-state index in [9.17, 15) is 9.59 Å². The van der Waals surface area contributed by atoms with Gasteiger partial charge in [-0.1, -0.05) is 73.3 Å². The molecule has 10 heteroatoms. The predicted octanol–water partition coefficient (Wildman–Crippen LogP) is 7.05. The lowest BCUT2D eigenvalue weighted by atomic mass is 9.88. The van der Waals surface area contributed by atoms with Crippen LogP contribution in [-0.2, 0) is 28.9 Å². The Balaban J connectivity index is 1.28. The Bertz CT molecular complexity index is 1830. The number of hydrogen-bond acceptors (Lipinski definition) is 8. The van der Waals surface area contributed by atoms with Gasteiger partial charge in [0.05, 0.1) is 29.6 Å². The maximum absolute atomic E-state index is 13.2. The largest absolute Gasteiger partial charge is 0.465 e. The van der Waals surface area contributed by atoms with Crippen LogP contribution in [0.15, 0.2) is 78.5 Å². The zero-order chi connectivity index (χ0) is 29.9. The third-order valence-corrected chi connectivity index (χ3v) is 9.68. The van der Waals surface area contributed by atoms with Crippen LogP contribution in [0.4, 0.5) is 5.00 Å². The molecular formula is C33H31N5O3S2. The minimum absolute atomic E-state index is 0.0984. The molecule has 0 saturated heterocycles. The number of amides is 1. The SMILES string of the molecule is C=CCn1c(SCC(=O)Nc2sc3c(c2C(=O)OC)CCC(C)C3)nnc1-c1cc(-c2ccccc2)nc2ccccc12. The van der Waals surface area contributed by atoms with Crippen molar-refractivity contribution in [1.82, 2.24) is 19.7 Å². The first-order chi connectivity index (χ1) is 21.0. The molecule has 0 saturated carbocycles. The number of aromatic nitrogens is 4. The quantitative estimate of drug-likeness (QED) is 0.109. The number of benzene rings is 2. The number of rotatable bonds is 9. The van der Waals surface area contributed by atoms with Gasteiger partial charge in [-0.2, -0.15) is 0 Å². The summed E-state index contributed by atoms with van der Waals surface area (Å²) in [7, 11) is 1.37. The number of nitrogens with one attached hydrogen (secondary N) is 1. The minimum atomic E-state index is -0.412. The number of thioether (sulfide) groups is 1. The highest BCUT2D eigenvalue weighted by atomic mass is 32.2. The van der Waals surface area contributed by atoms with Crippen molar-refractivity contribution in [2.75, 3.05) is 18.2 Å². The molecule has 0 radical (unpaired) electrons. The Morgan fingerprint density at radius 2 is 1.95 bits per heavy atom.